The molecule has 112 valence electrons. The van der Waals surface area contributed by atoms with Crippen LogP contribution in [-0.4, -0.2) is 36.3 Å². The third-order valence-corrected chi connectivity index (χ3v) is 2.82. The van der Waals surface area contributed by atoms with Crippen molar-refractivity contribution in [3.63, 3.8) is 0 Å². The average Bonchev–Trinajstić information content (AvgIpc) is 2.37. The van der Waals surface area contributed by atoms with Gasteiger partial charge in [0.2, 0.25) is 11.8 Å². The summed E-state index contributed by atoms with van der Waals surface area (Å²) in [5, 5.41) is 2.72. The Kier molecular flexibility index (Phi) is 7.87. The summed E-state index contributed by atoms with van der Waals surface area (Å²) in [6.45, 7) is 3.75. The van der Waals surface area contributed by atoms with Gasteiger partial charge in [-0.2, -0.15) is 0 Å². The van der Waals surface area contributed by atoms with Crippen LogP contribution in [0, 0.1) is 5.92 Å². The number of carbonyl (C=O) groups excluding carboxylic acids is 2. The summed E-state index contributed by atoms with van der Waals surface area (Å²) in [4.78, 5) is 25.0. The lowest BCUT2D eigenvalue weighted by atomic mass is 10.0. The van der Waals surface area contributed by atoms with Gasteiger partial charge in [-0.25, -0.2) is 0 Å². The van der Waals surface area contributed by atoms with E-state index in [4.69, 9.17) is 5.73 Å². The Bertz CT molecular complexity index is 437. The van der Waals surface area contributed by atoms with Crippen LogP contribution in [0.1, 0.15) is 13.8 Å². The molecule has 0 fully saturated rings. The fourth-order valence-electron chi connectivity index (χ4n) is 1.55. The Morgan fingerprint density at radius 1 is 1.25 bits per heavy atom. The van der Waals surface area contributed by atoms with Gasteiger partial charge in [-0.15, -0.1) is 12.4 Å². The van der Waals surface area contributed by atoms with E-state index in [0.29, 0.717) is 5.69 Å². The lowest BCUT2D eigenvalue weighted by molar-refractivity contribution is -0.135. The fourth-order valence-corrected chi connectivity index (χ4v) is 1.55. The molecule has 2 amide bonds. The van der Waals surface area contributed by atoms with Gasteiger partial charge < -0.3 is 16.0 Å². The number of anilines is 1. The van der Waals surface area contributed by atoms with Crippen LogP contribution < -0.4 is 11.1 Å². The Morgan fingerprint density at radius 3 is 2.30 bits per heavy atom. The maximum atomic E-state index is 11.9. The van der Waals surface area contributed by atoms with E-state index in [1.807, 2.05) is 32.0 Å². The highest BCUT2D eigenvalue weighted by atomic mass is 35.5. The molecule has 1 atom stereocenters. The van der Waals surface area contributed by atoms with Crippen LogP contribution in [0.4, 0.5) is 5.69 Å². The summed E-state index contributed by atoms with van der Waals surface area (Å²) in [5.41, 5.74) is 6.48. The van der Waals surface area contributed by atoms with Crippen molar-refractivity contribution in [2.24, 2.45) is 11.7 Å². The molecule has 0 aromatic heterocycles. The molecule has 5 nitrogen and oxygen atoms in total. The zero-order chi connectivity index (χ0) is 14.4. The molecule has 1 unspecified atom stereocenters. The predicted octanol–water partition coefficient (Wildman–Crippen LogP) is 1.49. The van der Waals surface area contributed by atoms with Crippen molar-refractivity contribution in [1.82, 2.24) is 4.90 Å². The third-order valence-electron chi connectivity index (χ3n) is 2.82. The van der Waals surface area contributed by atoms with Gasteiger partial charge in [-0.1, -0.05) is 32.0 Å². The van der Waals surface area contributed by atoms with Crippen LogP contribution in [0.5, 0.6) is 0 Å². The van der Waals surface area contributed by atoms with E-state index in [0.717, 1.165) is 0 Å². The zero-order valence-electron chi connectivity index (χ0n) is 12.0. The molecule has 3 N–H and O–H groups in total. The number of rotatable bonds is 5. The average molecular weight is 300 g/mol. The van der Waals surface area contributed by atoms with Gasteiger partial charge in [0.25, 0.3) is 0 Å². The van der Waals surface area contributed by atoms with Crippen LogP contribution in [-0.2, 0) is 9.59 Å². The first-order valence-electron chi connectivity index (χ1n) is 6.27. The van der Waals surface area contributed by atoms with Gasteiger partial charge in [0, 0.05) is 12.7 Å². The maximum absolute atomic E-state index is 11.9. The van der Waals surface area contributed by atoms with Crippen LogP contribution in [0.15, 0.2) is 30.3 Å². The van der Waals surface area contributed by atoms with Crippen molar-refractivity contribution in [1.29, 1.82) is 0 Å². The van der Waals surface area contributed by atoms with Crippen LogP contribution in [0.3, 0.4) is 0 Å². The number of benzene rings is 1. The molecule has 1 rings (SSSR count). The second-order valence-corrected chi connectivity index (χ2v) is 4.88. The lowest BCUT2D eigenvalue weighted by Gasteiger charge is -2.22. The van der Waals surface area contributed by atoms with E-state index in [2.05, 4.69) is 5.32 Å². The SMILES string of the molecule is CC(C)C(N)C(=O)N(C)CC(=O)Nc1ccccc1.Cl. The molecule has 20 heavy (non-hydrogen) atoms. The molecule has 0 heterocycles. The van der Waals surface area contributed by atoms with Crippen molar-refractivity contribution in [2.45, 2.75) is 19.9 Å². The first-order valence-corrected chi connectivity index (χ1v) is 6.27. The molecular weight excluding hydrogens is 278 g/mol. The van der Waals surface area contributed by atoms with Crippen molar-refractivity contribution in [2.75, 3.05) is 18.9 Å². The van der Waals surface area contributed by atoms with Crippen LogP contribution in [0.2, 0.25) is 0 Å². The molecule has 1 aromatic rings. The molecule has 0 aliphatic carbocycles. The minimum atomic E-state index is -0.575. The van der Waals surface area contributed by atoms with Crippen molar-refractivity contribution in [3.8, 4) is 0 Å². The van der Waals surface area contributed by atoms with Gasteiger partial charge in [0.05, 0.1) is 12.6 Å². The minimum absolute atomic E-state index is 0. The smallest absolute Gasteiger partial charge is 0.243 e. The molecule has 0 bridgehead atoms. The molecular formula is C14H22ClN3O2. The normalized spacial score (nSPS) is 11.4. The number of likely N-dealkylation sites (N-methyl/N-ethyl adjacent to an activating group) is 1. The predicted molar refractivity (Wildman–Crippen MR) is 82.8 cm³/mol. The number of hydrogen-bond donors (Lipinski definition) is 2. The molecule has 1 aromatic carbocycles. The number of carbonyl (C=O) groups is 2. The van der Waals surface area contributed by atoms with Gasteiger partial charge in [0.1, 0.15) is 0 Å². The Hall–Kier alpha value is -1.59. The maximum Gasteiger partial charge on any atom is 0.243 e. The van der Waals surface area contributed by atoms with Gasteiger partial charge >= 0.3 is 0 Å². The number of amides is 2. The molecule has 0 aliphatic heterocycles. The second-order valence-electron chi connectivity index (χ2n) is 4.88. The highest BCUT2D eigenvalue weighted by Crippen LogP contribution is 2.06. The number of para-hydroxylation sites is 1. The number of nitrogens with zero attached hydrogens (tertiary/aromatic N) is 1. The van der Waals surface area contributed by atoms with E-state index >= 15 is 0 Å². The summed E-state index contributed by atoms with van der Waals surface area (Å²) < 4.78 is 0. The highest BCUT2D eigenvalue weighted by Gasteiger charge is 2.22. The monoisotopic (exact) mass is 299 g/mol. The van der Waals surface area contributed by atoms with E-state index < -0.39 is 6.04 Å². The van der Waals surface area contributed by atoms with Gasteiger partial charge in [0.15, 0.2) is 0 Å². The largest absolute Gasteiger partial charge is 0.335 e. The van der Waals surface area contributed by atoms with Crippen molar-refractivity contribution in [3.05, 3.63) is 30.3 Å². The van der Waals surface area contributed by atoms with E-state index in [-0.39, 0.29) is 36.7 Å². The summed E-state index contributed by atoms with van der Waals surface area (Å²) >= 11 is 0. The fraction of sp³-hybridized carbons (Fsp3) is 0.429. The summed E-state index contributed by atoms with van der Waals surface area (Å²) in [6.07, 6.45) is 0. The topological polar surface area (TPSA) is 75.4 Å². The van der Waals surface area contributed by atoms with E-state index in [1.165, 1.54) is 4.90 Å². The zero-order valence-corrected chi connectivity index (χ0v) is 12.8. The minimum Gasteiger partial charge on any atom is -0.335 e. The standard InChI is InChI=1S/C14H21N3O2.ClH/c1-10(2)13(15)14(19)17(3)9-12(18)16-11-7-5-4-6-8-11;/h4-8,10,13H,9,15H2,1-3H3,(H,16,18);1H. The Morgan fingerprint density at radius 2 is 1.80 bits per heavy atom. The number of nitrogens with one attached hydrogen (secondary N) is 1. The summed E-state index contributed by atoms with van der Waals surface area (Å²) in [7, 11) is 1.58. The Labute approximate surface area is 125 Å². The third kappa shape index (κ3) is 5.59. The Balaban J connectivity index is 0.00000361. The summed E-state index contributed by atoms with van der Waals surface area (Å²) in [6, 6.07) is 8.54. The first kappa shape index (κ1) is 18.4. The number of halogens is 1. The quantitative estimate of drug-likeness (QED) is 0.865. The first-order chi connectivity index (χ1) is 8.91. The van der Waals surface area contributed by atoms with Gasteiger partial charge in [-0.3, -0.25) is 9.59 Å². The molecule has 0 aliphatic rings. The molecule has 0 saturated carbocycles. The van der Waals surface area contributed by atoms with Gasteiger partial charge in [-0.05, 0) is 18.1 Å². The number of nitrogens with two attached hydrogens (primary N) is 1. The van der Waals surface area contributed by atoms with E-state index in [1.54, 1.807) is 19.2 Å². The van der Waals surface area contributed by atoms with Crippen LogP contribution in [0.25, 0.3) is 0 Å². The van der Waals surface area contributed by atoms with Crippen molar-refractivity contribution < 1.29 is 9.59 Å². The molecule has 0 saturated heterocycles. The lowest BCUT2D eigenvalue weighted by Crippen LogP contribution is -2.47. The van der Waals surface area contributed by atoms with E-state index in [9.17, 15) is 9.59 Å². The highest BCUT2D eigenvalue weighted by molar-refractivity contribution is 5.95. The summed E-state index contributed by atoms with van der Waals surface area (Å²) in [5.74, 6) is -0.414. The molecule has 0 radical (unpaired) electrons. The number of hydrogen-bond acceptors (Lipinski definition) is 3. The van der Waals surface area contributed by atoms with Crippen molar-refractivity contribution >= 4 is 29.9 Å². The molecule has 6 heteroatoms. The second kappa shape index (κ2) is 8.55. The van der Waals surface area contributed by atoms with Crippen LogP contribution >= 0.6 is 12.4 Å². The molecule has 0 spiro atoms.